The number of carbonyl (C=O) groups excluding carboxylic acids is 1. The van der Waals surface area contributed by atoms with Gasteiger partial charge in [-0.2, -0.15) is 11.8 Å². The quantitative estimate of drug-likeness (QED) is 0.910. The van der Waals surface area contributed by atoms with Crippen LogP contribution in [0.3, 0.4) is 0 Å². The maximum absolute atomic E-state index is 11.9. The van der Waals surface area contributed by atoms with E-state index in [2.05, 4.69) is 15.3 Å². The van der Waals surface area contributed by atoms with E-state index in [1.54, 1.807) is 0 Å². The van der Waals surface area contributed by atoms with Crippen molar-refractivity contribution in [3.63, 3.8) is 0 Å². The lowest BCUT2D eigenvalue weighted by Gasteiger charge is -2.20. The number of thioether (sulfide) groups is 1. The molecule has 1 saturated heterocycles. The van der Waals surface area contributed by atoms with Crippen molar-refractivity contribution in [3.8, 4) is 0 Å². The summed E-state index contributed by atoms with van der Waals surface area (Å²) < 4.78 is 0. The van der Waals surface area contributed by atoms with Crippen molar-refractivity contribution in [2.24, 2.45) is 5.92 Å². The van der Waals surface area contributed by atoms with E-state index >= 15 is 0 Å². The number of hydrogen-bond acceptors (Lipinski definition) is 3. The van der Waals surface area contributed by atoms with Crippen LogP contribution < -0.4 is 5.32 Å². The Balaban J connectivity index is 1.51. The molecule has 2 aromatic rings. The first-order chi connectivity index (χ1) is 9.81. The number of imidazole rings is 1. The molecule has 20 heavy (non-hydrogen) atoms. The second-order valence-corrected chi connectivity index (χ2v) is 6.46. The summed E-state index contributed by atoms with van der Waals surface area (Å²) in [4.78, 5) is 19.6. The van der Waals surface area contributed by atoms with E-state index in [9.17, 15) is 4.79 Å². The lowest BCUT2D eigenvalue weighted by Crippen LogP contribution is -2.26. The number of benzene rings is 1. The maximum atomic E-state index is 11.9. The first-order valence-electron chi connectivity index (χ1n) is 7.09. The first-order valence-corrected chi connectivity index (χ1v) is 8.25. The molecule has 0 spiro atoms. The van der Waals surface area contributed by atoms with E-state index in [-0.39, 0.29) is 5.91 Å². The van der Waals surface area contributed by atoms with Gasteiger partial charge in [0.15, 0.2) is 0 Å². The Bertz CT molecular complexity index is 557. The van der Waals surface area contributed by atoms with Crippen molar-refractivity contribution in [2.45, 2.75) is 25.8 Å². The second-order valence-electron chi connectivity index (χ2n) is 5.24. The van der Waals surface area contributed by atoms with Crippen LogP contribution in [0.1, 0.15) is 25.1 Å². The number of aromatic nitrogens is 2. The Morgan fingerprint density at radius 2 is 2.15 bits per heavy atom. The molecule has 0 atom stereocenters. The molecule has 4 nitrogen and oxygen atoms in total. The molecule has 1 fully saturated rings. The van der Waals surface area contributed by atoms with E-state index in [1.807, 2.05) is 36.0 Å². The minimum Gasteiger partial charge on any atom is -0.349 e. The number of rotatable bonds is 4. The van der Waals surface area contributed by atoms with Gasteiger partial charge in [0, 0.05) is 6.42 Å². The summed E-state index contributed by atoms with van der Waals surface area (Å²) in [6.07, 6.45) is 2.99. The third-order valence-corrected chi connectivity index (χ3v) is 4.76. The molecule has 2 heterocycles. The van der Waals surface area contributed by atoms with Gasteiger partial charge in [-0.3, -0.25) is 4.79 Å². The third kappa shape index (κ3) is 3.33. The van der Waals surface area contributed by atoms with Crippen LogP contribution in [-0.4, -0.2) is 27.4 Å². The molecular formula is C15H19N3OS. The number of fused-ring (bicyclic) bond motifs is 1. The van der Waals surface area contributed by atoms with Crippen LogP contribution in [0.15, 0.2) is 24.3 Å². The smallest absolute Gasteiger partial charge is 0.220 e. The molecule has 0 radical (unpaired) electrons. The average molecular weight is 289 g/mol. The Kier molecular flexibility index (Phi) is 4.25. The molecule has 1 aromatic heterocycles. The Labute approximate surface area is 122 Å². The molecule has 0 unspecified atom stereocenters. The van der Waals surface area contributed by atoms with Crippen LogP contribution in [0.2, 0.25) is 0 Å². The lowest BCUT2D eigenvalue weighted by molar-refractivity contribution is -0.122. The fraction of sp³-hybridized carbons (Fsp3) is 0.467. The van der Waals surface area contributed by atoms with E-state index in [0.717, 1.165) is 16.9 Å². The average Bonchev–Trinajstić information content (AvgIpc) is 2.89. The number of carbonyl (C=O) groups is 1. The van der Waals surface area contributed by atoms with Crippen LogP contribution in [0.5, 0.6) is 0 Å². The van der Waals surface area contributed by atoms with Crippen molar-refractivity contribution in [1.29, 1.82) is 0 Å². The molecule has 0 bridgehead atoms. The van der Waals surface area contributed by atoms with Crippen LogP contribution >= 0.6 is 11.8 Å². The van der Waals surface area contributed by atoms with Gasteiger partial charge in [-0.15, -0.1) is 0 Å². The fourth-order valence-corrected chi connectivity index (χ4v) is 3.76. The molecule has 1 aliphatic rings. The van der Waals surface area contributed by atoms with Gasteiger partial charge in [0.05, 0.1) is 17.6 Å². The van der Waals surface area contributed by atoms with Gasteiger partial charge >= 0.3 is 0 Å². The summed E-state index contributed by atoms with van der Waals surface area (Å²) in [6.45, 7) is 0.481. The molecule has 1 aromatic carbocycles. The van der Waals surface area contributed by atoms with E-state index in [0.29, 0.717) is 18.9 Å². The highest BCUT2D eigenvalue weighted by molar-refractivity contribution is 7.99. The molecule has 5 heteroatoms. The van der Waals surface area contributed by atoms with Crippen LogP contribution in [-0.2, 0) is 11.3 Å². The van der Waals surface area contributed by atoms with Crippen molar-refractivity contribution in [1.82, 2.24) is 15.3 Å². The van der Waals surface area contributed by atoms with Gasteiger partial charge in [0.2, 0.25) is 5.91 Å². The fourth-order valence-electron chi connectivity index (χ4n) is 2.56. The van der Waals surface area contributed by atoms with Gasteiger partial charge in [-0.1, -0.05) is 12.1 Å². The molecule has 3 rings (SSSR count). The van der Waals surface area contributed by atoms with Gasteiger partial charge in [0.25, 0.3) is 0 Å². The number of nitrogens with zero attached hydrogens (tertiary/aromatic N) is 1. The van der Waals surface area contributed by atoms with Gasteiger partial charge in [-0.05, 0) is 42.4 Å². The molecule has 1 aliphatic heterocycles. The van der Waals surface area contributed by atoms with E-state index in [4.69, 9.17) is 0 Å². The first kappa shape index (κ1) is 13.5. The topological polar surface area (TPSA) is 57.8 Å². The van der Waals surface area contributed by atoms with Crippen molar-refractivity contribution in [3.05, 3.63) is 30.1 Å². The Morgan fingerprint density at radius 1 is 1.35 bits per heavy atom. The molecule has 0 aliphatic carbocycles. The van der Waals surface area contributed by atoms with Gasteiger partial charge < -0.3 is 10.3 Å². The van der Waals surface area contributed by atoms with Crippen LogP contribution in [0.25, 0.3) is 11.0 Å². The zero-order chi connectivity index (χ0) is 13.8. The van der Waals surface area contributed by atoms with Crippen LogP contribution in [0.4, 0.5) is 0 Å². The molecule has 0 saturated carbocycles. The van der Waals surface area contributed by atoms with Crippen LogP contribution in [0, 0.1) is 5.92 Å². The molecule has 1 amide bonds. The summed E-state index contributed by atoms with van der Waals surface area (Å²) in [5.74, 6) is 3.91. The largest absolute Gasteiger partial charge is 0.349 e. The monoisotopic (exact) mass is 289 g/mol. The number of para-hydroxylation sites is 2. The maximum Gasteiger partial charge on any atom is 0.220 e. The zero-order valence-corrected chi connectivity index (χ0v) is 12.2. The normalized spacial score (nSPS) is 16.4. The molecular weight excluding hydrogens is 270 g/mol. The number of H-pyrrole nitrogens is 1. The number of aromatic amines is 1. The summed E-state index contributed by atoms with van der Waals surface area (Å²) in [7, 11) is 0. The third-order valence-electron chi connectivity index (χ3n) is 3.71. The predicted octanol–water partition coefficient (Wildman–Crippen LogP) is 2.71. The minimum absolute atomic E-state index is 0.141. The minimum atomic E-state index is 0.141. The van der Waals surface area contributed by atoms with Crippen molar-refractivity contribution >= 4 is 28.7 Å². The number of nitrogens with one attached hydrogen (secondary N) is 2. The zero-order valence-electron chi connectivity index (χ0n) is 11.4. The Morgan fingerprint density at radius 3 is 2.95 bits per heavy atom. The SMILES string of the molecule is O=C(CC1CCSCC1)NCc1nc2ccccc2[nH]1. The van der Waals surface area contributed by atoms with Crippen molar-refractivity contribution < 1.29 is 4.79 Å². The van der Waals surface area contributed by atoms with Gasteiger partial charge in [-0.25, -0.2) is 4.98 Å². The standard InChI is InChI=1S/C15H19N3OS/c19-15(9-11-5-7-20-8-6-11)16-10-14-17-12-3-1-2-4-13(12)18-14/h1-4,11H,5-10H2,(H,16,19)(H,17,18). The summed E-state index contributed by atoms with van der Waals surface area (Å²) in [5, 5.41) is 2.97. The number of hydrogen-bond donors (Lipinski definition) is 2. The highest BCUT2D eigenvalue weighted by Gasteiger charge is 2.17. The number of amides is 1. The van der Waals surface area contributed by atoms with E-state index < -0.39 is 0 Å². The Hall–Kier alpha value is -1.49. The van der Waals surface area contributed by atoms with E-state index in [1.165, 1.54) is 24.3 Å². The second kappa shape index (κ2) is 6.31. The molecule has 2 N–H and O–H groups in total. The summed E-state index contributed by atoms with van der Waals surface area (Å²) in [6, 6.07) is 7.90. The highest BCUT2D eigenvalue weighted by atomic mass is 32.2. The van der Waals surface area contributed by atoms with Gasteiger partial charge in [0.1, 0.15) is 5.82 Å². The molecule has 106 valence electrons. The highest BCUT2D eigenvalue weighted by Crippen LogP contribution is 2.25. The lowest BCUT2D eigenvalue weighted by atomic mass is 9.98. The predicted molar refractivity (Wildman–Crippen MR) is 82.6 cm³/mol. The van der Waals surface area contributed by atoms with Crippen molar-refractivity contribution in [2.75, 3.05) is 11.5 Å². The summed E-state index contributed by atoms with van der Waals surface area (Å²) in [5.41, 5.74) is 1.96. The summed E-state index contributed by atoms with van der Waals surface area (Å²) >= 11 is 1.99.